The normalized spacial score (nSPS) is 9.59. The third-order valence-corrected chi connectivity index (χ3v) is 2.34. The van der Waals surface area contributed by atoms with Crippen molar-refractivity contribution >= 4 is 35.1 Å². The zero-order chi connectivity index (χ0) is 12.8. The van der Waals surface area contributed by atoms with Gasteiger partial charge in [-0.2, -0.15) is 0 Å². The van der Waals surface area contributed by atoms with E-state index in [2.05, 4.69) is 5.32 Å². The van der Waals surface area contributed by atoms with E-state index in [9.17, 15) is 9.59 Å². The molecule has 1 rings (SSSR count). The number of urea groups is 1. The van der Waals surface area contributed by atoms with Gasteiger partial charge in [-0.3, -0.25) is 10.1 Å². The first-order valence-electron chi connectivity index (χ1n) is 4.63. The fourth-order valence-electron chi connectivity index (χ4n) is 0.983. The molecule has 1 aromatic rings. The van der Waals surface area contributed by atoms with E-state index in [0.29, 0.717) is 10.0 Å². The molecule has 0 aliphatic heterocycles. The summed E-state index contributed by atoms with van der Waals surface area (Å²) in [6.07, 6.45) is 0. The van der Waals surface area contributed by atoms with Gasteiger partial charge in [0.25, 0.3) is 5.91 Å². The van der Waals surface area contributed by atoms with Crippen molar-refractivity contribution < 1.29 is 14.3 Å². The van der Waals surface area contributed by atoms with Crippen molar-refractivity contribution in [1.29, 1.82) is 0 Å². The van der Waals surface area contributed by atoms with Gasteiger partial charge < -0.3 is 10.1 Å². The fourth-order valence-corrected chi connectivity index (χ4v) is 1.49. The predicted molar refractivity (Wildman–Crippen MR) is 64.6 cm³/mol. The number of benzene rings is 1. The van der Waals surface area contributed by atoms with Gasteiger partial charge in [0.15, 0.2) is 12.4 Å². The molecule has 5 nitrogen and oxygen atoms in total. The molecular formula is C10H10Cl2N2O3. The van der Waals surface area contributed by atoms with E-state index in [1.807, 2.05) is 5.32 Å². The number of carbonyl (C=O) groups excluding carboxylic acids is 2. The minimum atomic E-state index is -0.608. The van der Waals surface area contributed by atoms with Crippen molar-refractivity contribution in [2.24, 2.45) is 0 Å². The maximum atomic E-state index is 11.2. The molecule has 0 radical (unpaired) electrons. The molecule has 1 aromatic carbocycles. The highest BCUT2D eigenvalue weighted by Gasteiger charge is 2.10. The van der Waals surface area contributed by atoms with E-state index < -0.39 is 11.9 Å². The van der Waals surface area contributed by atoms with Crippen LogP contribution in [-0.2, 0) is 4.79 Å². The van der Waals surface area contributed by atoms with Gasteiger partial charge in [-0.15, -0.1) is 0 Å². The molecule has 0 atom stereocenters. The Morgan fingerprint density at radius 1 is 1.29 bits per heavy atom. The van der Waals surface area contributed by atoms with E-state index in [4.69, 9.17) is 27.9 Å². The molecule has 3 amide bonds. The predicted octanol–water partition coefficient (Wildman–Crippen LogP) is 1.83. The average molecular weight is 277 g/mol. The summed E-state index contributed by atoms with van der Waals surface area (Å²) in [6.45, 7) is -0.350. The highest BCUT2D eigenvalue weighted by atomic mass is 35.5. The highest BCUT2D eigenvalue weighted by molar-refractivity contribution is 6.37. The van der Waals surface area contributed by atoms with Crippen LogP contribution in [0, 0.1) is 0 Å². The van der Waals surface area contributed by atoms with Gasteiger partial charge >= 0.3 is 6.03 Å². The average Bonchev–Trinajstić information content (AvgIpc) is 2.28. The van der Waals surface area contributed by atoms with Crippen LogP contribution in [0.15, 0.2) is 18.2 Å². The number of hydrogen-bond acceptors (Lipinski definition) is 3. The molecule has 0 bridgehead atoms. The van der Waals surface area contributed by atoms with Crippen LogP contribution in [-0.4, -0.2) is 25.6 Å². The summed E-state index contributed by atoms with van der Waals surface area (Å²) < 4.78 is 5.12. The van der Waals surface area contributed by atoms with Crippen LogP contribution in [0.2, 0.25) is 10.0 Å². The van der Waals surface area contributed by atoms with Gasteiger partial charge in [0.05, 0.1) is 10.0 Å². The van der Waals surface area contributed by atoms with Crippen LogP contribution in [0.5, 0.6) is 5.75 Å². The van der Waals surface area contributed by atoms with Gasteiger partial charge in [-0.05, 0) is 12.1 Å². The zero-order valence-corrected chi connectivity index (χ0v) is 10.4. The number of imide groups is 1. The van der Waals surface area contributed by atoms with E-state index in [0.717, 1.165) is 0 Å². The summed E-state index contributed by atoms with van der Waals surface area (Å²) in [5, 5.41) is 4.87. The molecule has 2 N–H and O–H groups in total. The maximum Gasteiger partial charge on any atom is 0.321 e. The molecule has 0 aliphatic rings. The Labute approximate surface area is 108 Å². The minimum absolute atomic E-state index is 0.211. The van der Waals surface area contributed by atoms with E-state index in [1.165, 1.54) is 7.05 Å². The monoisotopic (exact) mass is 276 g/mol. The Bertz CT molecular complexity index is 417. The minimum Gasteiger partial charge on any atom is -0.481 e. The molecule has 7 heteroatoms. The number of nitrogens with one attached hydrogen (secondary N) is 2. The molecule has 0 aliphatic carbocycles. The molecule has 0 heterocycles. The smallest absolute Gasteiger partial charge is 0.321 e. The summed E-state index contributed by atoms with van der Waals surface area (Å²) in [5.74, 6) is -0.386. The lowest BCUT2D eigenvalue weighted by atomic mass is 10.3. The Hall–Kier alpha value is -1.46. The van der Waals surface area contributed by atoms with Crippen LogP contribution in [0.25, 0.3) is 0 Å². The van der Waals surface area contributed by atoms with Gasteiger partial charge in [0.2, 0.25) is 0 Å². The molecule has 0 spiro atoms. The van der Waals surface area contributed by atoms with E-state index in [-0.39, 0.29) is 12.4 Å². The third-order valence-electron chi connectivity index (χ3n) is 1.75. The van der Waals surface area contributed by atoms with Crippen molar-refractivity contribution in [2.75, 3.05) is 13.7 Å². The summed E-state index contributed by atoms with van der Waals surface area (Å²) in [7, 11) is 1.40. The summed E-state index contributed by atoms with van der Waals surface area (Å²) >= 11 is 11.7. The lowest BCUT2D eigenvalue weighted by Gasteiger charge is -2.09. The van der Waals surface area contributed by atoms with E-state index in [1.54, 1.807) is 18.2 Å². The molecule has 92 valence electrons. The zero-order valence-electron chi connectivity index (χ0n) is 8.92. The summed E-state index contributed by atoms with van der Waals surface area (Å²) in [6, 6.07) is 4.21. The number of hydrogen-bond donors (Lipinski definition) is 2. The second-order valence-electron chi connectivity index (χ2n) is 2.97. The maximum absolute atomic E-state index is 11.2. The Morgan fingerprint density at radius 3 is 2.41 bits per heavy atom. The van der Waals surface area contributed by atoms with Crippen molar-refractivity contribution in [3.05, 3.63) is 28.2 Å². The number of ether oxygens (including phenoxy) is 1. The Balaban J connectivity index is 2.56. The topological polar surface area (TPSA) is 67.4 Å². The lowest BCUT2D eigenvalue weighted by molar-refractivity contribution is -0.121. The standard InChI is InChI=1S/C10H10Cl2N2O3/c1-13-10(16)14-8(15)5-17-9-6(11)3-2-4-7(9)12/h2-4H,5H2,1H3,(H2,13,14,15,16). The fraction of sp³-hybridized carbons (Fsp3) is 0.200. The van der Waals surface area contributed by atoms with Crippen molar-refractivity contribution in [2.45, 2.75) is 0 Å². The number of para-hydroxylation sites is 1. The molecule has 0 unspecified atom stereocenters. The van der Waals surface area contributed by atoms with Crippen LogP contribution < -0.4 is 15.4 Å². The van der Waals surface area contributed by atoms with Gasteiger partial charge in [-0.1, -0.05) is 29.3 Å². The first-order valence-corrected chi connectivity index (χ1v) is 5.38. The van der Waals surface area contributed by atoms with E-state index >= 15 is 0 Å². The number of halogens is 2. The number of amides is 3. The van der Waals surface area contributed by atoms with Crippen molar-refractivity contribution in [3.63, 3.8) is 0 Å². The van der Waals surface area contributed by atoms with Crippen LogP contribution in [0.4, 0.5) is 4.79 Å². The van der Waals surface area contributed by atoms with Crippen LogP contribution >= 0.6 is 23.2 Å². The molecular weight excluding hydrogens is 267 g/mol. The highest BCUT2D eigenvalue weighted by Crippen LogP contribution is 2.32. The summed E-state index contributed by atoms with van der Waals surface area (Å²) in [5.41, 5.74) is 0. The third kappa shape index (κ3) is 4.13. The molecule has 0 saturated heterocycles. The number of carbonyl (C=O) groups is 2. The first-order chi connectivity index (χ1) is 8.04. The molecule has 0 fully saturated rings. The lowest BCUT2D eigenvalue weighted by Crippen LogP contribution is -2.39. The second kappa shape index (κ2) is 6.32. The Kier molecular flexibility index (Phi) is 5.06. The second-order valence-corrected chi connectivity index (χ2v) is 3.78. The molecule has 0 aromatic heterocycles. The van der Waals surface area contributed by atoms with Crippen molar-refractivity contribution in [3.8, 4) is 5.75 Å². The van der Waals surface area contributed by atoms with Gasteiger partial charge in [-0.25, -0.2) is 4.79 Å². The quantitative estimate of drug-likeness (QED) is 0.885. The van der Waals surface area contributed by atoms with Gasteiger partial charge in [0, 0.05) is 7.05 Å². The number of rotatable bonds is 3. The van der Waals surface area contributed by atoms with Crippen LogP contribution in [0.1, 0.15) is 0 Å². The first kappa shape index (κ1) is 13.6. The SMILES string of the molecule is CNC(=O)NC(=O)COc1c(Cl)cccc1Cl. The molecule has 0 saturated carbocycles. The van der Waals surface area contributed by atoms with Crippen molar-refractivity contribution in [1.82, 2.24) is 10.6 Å². The van der Waals surface area contributed by atoms with Crippen LogP contribution in [0.3, 0.4) is 0 Å². The Morgan fingerprint density at radius 2 is 1.88 bits per heavy atom. The summed E-state index contributed by atoms with van der Waals surface area (Å²) in [4.78, 5) is 22.0. The van der Waals surface area contributed by atoms with Gasteiger partial charge in [0.1, 0.15) is 0 Å². The largest absolute Gasteiger partial charge is 0.481 e. The molecule has 17 heavy (non-hydrogen) atoms.